The summed E-state index contributed by atoms with van der Waals surface area (Å²) in [6.45, 7) is 0. The summed E-state index contributed by atoms with van der Waals surface area (Å²) >= 11 is 4.08. The van der Waals surface area contributed by atoms with Gasteiger partial charge in [-0.15, -0.1) is 12.6 Å². The number of hydrogen-bond acceptors (Lipinski definition) is 1. The monoisotopic (exact) mass is 150 g/mol. The van der Waals surface area contributed by atoms with E-state index in [1.165, 1.54) is 0 Å². The van der Waals surface area contributed by atoms with Gasteiger partial charge in [0.15, 0.2) is 0 Å². The first-order valence-electron chi connectivity index (χ1n) is 2.13. The summed E-state index contributed by atoms with van der Waals surface area (Å²) in [5.41, 5.74) is 0. The molecule has 0 nitrogen and oxygen atoms in total. The molecule has 1 aromatic rings. The summed E-state index contributed by atoms with van der Waals surface area (Å²) in [6, 6.07) is 9.79. The molecule has 0 spiro atoms. The Morgan fingerprint density at radius 2 is 1.50 bits per heavy atom. The second-order valence-corrected chi connectivity index (χ2v) is 1.85. The van der Waals surface area contributed by atoms with Gasteiger partial charge >= 0.3 is 0 Å². The van der Waals surface area contributed by atoms with Crippen LogP contribution < -0.4 is 0 Å². The Morgan fingerprint density at radius 1 is 1.00 bits per heavy atom. The summed E-state index contributed by atoms with van der Waals surface area (Å²) in [5, 5.41) is 0. The maximum atomic E-state index is 4.08. The Kier molecular flexibility index (Phi) is 5.17. The Bertz CT molecular complexity index is 138. The minimum atomic E-state index is 0. The Balaban J connectivity index is 0.000000490. The van der Waals surface area contributed by atoms with E-state index in [2.05, 4.69) is 12.6 Å². The van der Waals surface area contributed by atoms with E-state index in [1.807, 2.05) is 30.3 Å². The van der Waals surface area contributed by atoms with Gasteiger partial charge in [0.25, 0.3) is 0 Å². The summed E-state index contributed by atoms with van der Waals surface area (Å²) in [7, 11) is 0. The minimum absolute atomic E-state index is 0. The van der Waals surface area contributed by atoms with Crippen molar-refractivity contribution in [2.75, 3.05) is 0 Å². The average Bonchev–Trinajstić information content (AvgIpc) is 1.69. The molecule has 0 saturated carbocycles. The molecule has 0 aliphatic carbocycles. The van der Waals surface area contributed by atoms with Gasteiger partial charge in [0.05, 0.1) is 0 Å². The first-order chi connectivity index (χ1) is 3.39. The van der Waals surface area contributed by atoms with Crippen LogP contribution in [0.4, 0.5) is 0 Å². The van der Waals surface area contributed by atoms with Crippen LogP contribution in [0.5, 0.6) is 0 Å². The van der Waals surface area contributed by atoms with Crippen molar-refractivity contribution in [2.45, 2.75) is 4.90 Å². The molecule has 1 rings (SSSR count). The zero-order chi connectivity index (χ0) is 5.11. The number of rotatable bonds is 0. The molecule has 0 bridgehead atoms. The molecule has 0 N–H and O–H groups in total. The van der Waals surface area contributed by atoms with Gasteiger partial charge in [0.2, 0.25) is 0 Å². The predicted molar refractivity (Wildman–Crippen MR) is 33.7 cm³/mol. The van der Waals surface area contributed by atoms with Crippen LogP contribution >= 0.6 is 12.6 Å². The molecule has 2 heteroatoms. The molecule has 0 radical (unpaired) electrons. The van der Waals surface area contributed by atoms with Crippen molar-refractivity contribution >= 4 is 12.6 Å². The molecular formula is C6H6ArS. The Morgan fingerprint density at radius 3 is 1.75 bits per heavy atom. The number of hydrogen-bond donors (Lipinski definition) is 1. The smallest absolute Gasteiger partial charge is 0.00399 e. The van der Waals surface area contributed by atoms with Crippen LogP contribution in [0.2, 0.25) is 0 Å². The second kappa shape index (κ2) is 4.68. The maximum absolute atomic E-state index is 4.08. The van der Waals surface area contributed by atoms with Crippen molar-refractivity contribution in [3.05, 3.63) is 30.3 Å². The third kappa shape index (κ3) is 2.98. The van der Waals surface area contributed by atoms with E-state index in [1.54, 1.807) is 0 Å². The largest absolute Gasteiger partial charge is 0.143 e. The van der Waals surface area contributed by atoms with Gasteiger partial charge in [-0.25, -0.2) is 0 Å². The molecule has 0 atom stereocenters. The fourth-order valence-electron chi connectivity index (χ4n) is 0.428. The summed E-state index contributed by atoms with van der Waals surface area (Å²) in [4.78, 5) is 1.02. The van der Waals surface area contributed by atoms with Crippen LogP contribution in [0.1, 0.15) is 0 Å². The van der Waals surface area contributed by atoms with Gasteiger partial charge in [-0.1, -0.05) is 18.2 Å². The molecule has 0 fully saturated rings. The van der Waals surface area contributed by atoms with E-state index in [-0.39, 0.29) is 37.7 Å². The zero-order valence-corrected chi connectivity index (χ0v) is 5.79. The molecule has 0 aliphatic heterocycles. The quantitative estimate of drug-likeness (QED) is 0.537. The zero-order valence-electron chi connectivity index (χ0n) is 4.19. The van der Waals surface area contributed by atoms with Crippen LogP contribution in [0.3, 0.4) is 0 Å². The average molecular weight is 150 g/mol. The van der Waals surface area contributed by atoms with E-state index in [4.69, 9.17) is 0 Å². The third-order valence-electron chi connectivity index (χ3n) is 0.756. The molecule has 0 amide bonds. The first kappa shape index (κ1) is 8.83. The minimum Gasteiger partial charge on any atom is -0.143 e. The van der Waals surface area contributed by atoms with Crippen LogP contribution in [-0.4, -0.2) is 0 Å². The molecule has 0 saturated heterocycles. The van der Waals surface area contributed by atoms with E-state index < -0.39 is 0 Å². The van der Waals surface area contributed by atoms with Crippen molar-refractivity contribution in [3.8, 4) is 0 Å². The molecule has 0 aliphatic rings. The molecule has 0 aromatic heterocycles. The summed E-state index contributed by atoms with van der Waals surface area (Å²) < 4.78 is 0. The van der Waals surface area contributed by atoms with Crippen molar-refractivity contribution in [1.82, 2.24) is 0 Å². The van der Waals surface area contributed by atoms with Crippen molar-refractivity contribution < 1.29 is 37.7 Å². The first-order valence-corrected chi connectivity index (χ1v) is 2.58. The molecule has 0 unspecified atom stereocenters. The Hall–Kier alpha value is 0.830. The van der Waals surface area contributed by atoms with Crippen LogP contribution in [-0.2, 0) is 0 Å². The number of thiol groups is 1. The molecule has 44 valence electrons. The van der Waals surface area contributed by atoms with Crippen molar-refractivity contribution in [1.29, 1.82) is 0 Å². The molecule has 8 heavy (non-hydrogen) atoms. The fourth-order valence-corrected chi connectivity index (χ4v) is 0.600. The van der Waals surface area contributed by atoms with Crippen molar-refractivity contribution in [2.24, 2.45) is 0 Å². The second-order valence-electron chi connectivity index (χ2n) is 1.34. The van der Waals surface area contributed by atoms with E-state index >= 15 is 0 Å². The van der Waals surface area contributed by atoms with Crippen molar-refractivity contribution in [3.63, 3.8) is 0 Å². The predicted octanol–water partition coefficient (Wildman–Crippen LogP) is 1.98. The molecule has 1 aromatic carbocycles. The van der Waals surface area contributed by atoms with Gasteiger partial charge in [0.1, 0.15) is 0 Å². The third-order valence-corrected chi connectivity index (χ3v) is 1.05. The van der Waals surface area contributed by atoms with Crippen LogP contribution in [0.15, 0.2) is 35.2 Å². The maximum Gasteiger partial charge on any atom is 0.00399 e. The van der Waals surface area contributed by atoms with E-state index in [9.17, 15) is 0 Å². The SMILES string of the molecule is Sc1ccccc1.[Ar]. The normalized spacial score (nSPS) is 7.62. The topological polar surface area (TPSA) is 0 Å². The van der Waals surface area contributed by atoms with Crippen LogP contribution in [0.25, 0.3) is 0 Å². The van der Waals surface area contributed by atoms with Gasteiger partial charge in [-0.05, 0) is 12.1 Å². The fraction of sp³-hybridized carbons (Fsp3) is 0. The van der Waals surface area contributed by atoms with Gasteiger partial charge < -0.3 is 0 Å². The summed E-state index contributed by atoms with van der Waals surface area (Å²) in [6.07, 6.45) is 0. The van der Waals surface area contributed by atoms with Gasteiger partial charge in [-0.3, -0.25) is 0 Å². The van der Waals surface area contributed by atoms with E-state index in [0.717, 1.165) is 4.90 Å². The van der Waals surface area contributed by atoms with Gasteiger partial charge in [-0.2, -0.15) is 0 Å². The van der Waals surface area contributed by atoms with E-state index in [0.29, 0.717) is 0 Å². The molecular weight excluding hydrogens is 144 g/mol. The Labute approximate surface area is 84.7 Å². The summed E-state index contributed by atoms with van der Waals surface area (Å²) in [5.74, 6) is 0. The molecule has 0 heterocycles. The van der Waals surface area contributed by atoms with Crippen LogP contribution in [0, 0.1) is 37.7 Å². The standard InChI is InChI=1S/C6H6S.Ar/c7-6-4-2-1-3-5-6;/h1-5,7H;. The van der Waals surface area contributed by atoms with Gasteiger partial charge in [0, 0.05) is 42.6 Å². The number of benzene rings is 1.